The predicted octanol–water partition coefficient (Wildman–Crippen LogP) is 2.38. The zero-order valence-electron chi connectivity index (χ0n) is 13.2. The van der Waals surface area contributed by atoms with Crippen molar-refractivity contribution in [3.8, 4) is 0 Å². The molecule has 0 saturated carbocycles. The van der Waals surface area contributed by atoms with Crippen molar-refractivity contribution in [2.24, 2.45) is 0 Å². The van der Waals surface area contributed by atoms with Crippen LogP contribution in [0.4, 0.5) is 0 Å². The second kappa shape index (κ2) is 7.58. The van der Waals surface area contributed by atoms with Gasteiger partial charge in [-0.1, -0.05) is 6.07 Å². The number of hydrogen-bond donors (Lipinski definition) is 3. The summed E-state index contributed by atoms with van der Waals surface area (Å²) in [4.78, 5) is 17.5. The molecule has 0 aliphatic rings. The van der Waals surface area contributed by atoms with E-state index in [1.807, 2.05) is 30.5 Å². The van der Waals surface area contributed by atoms with Crippen LogP contribution in [0.5, 0.6) is 0 Å². The number of thiophene rings is 1. The van der Waals surface area contributed by atoms with E-state index < -0.39 is 6.10 Å². The summed E-state index contributed by atoms with van der Waals surface area (Å²) in [5.41, 5.74) is 1.55. The summed E-state index contributed by atoms with van der Waals surface area (Å²) in [6.45, 7) is 2.69. The molecule has 0 radical (unpaired) electrons. The number of rotatable bonds is 7. The second-order valence-corrected chi connectivity index (χ2v) is 6.62. The number of aliphatic hydroxyl groups excluding tert-OH is 1. The van der Waals surface area contributed by atoms with Crippen LogP contribution in [0.15, 0.2) is 29.6 Å². The fourth-order valence-corrected chi connectivity index (χ4v) is 2.93. The smallest absolute Gasteiger partial charge is 0.269 e. The third-order valence-electron chi connectivity index (χ3n) is 3.47. The number of carbonyl (C=O) groups excluding carboxylic acids is 1. The van der Waals surface area contributed by atoms with Crippen molar-refractivity contribution >= 4 is 17.2 Å². The highest BCUT2D eigenvalue weighted by atomic mass is 32.1. The van der Waals surface area contributed by atoms with Crippen LogP contribution in [0.25, 0.3) is 0 Å². The largest absolute Gasteiger partial charge is 0.388 e. The molecule has 2 aromatic heterocycles. The van der Waals surface area contributed by atoms with Crippen molar-refractivity contribution in [1.82, 2.24) is 15.2 Å². The third kappa shape index (κ3) is 4.43. The molecular weight excluding hydrogens is 298 g/mol. The van der Waals surface area contributed by atoms with E-state index in [1.165, 1.54) is 0 Å². The van der Waals surface area contributed by atoms with Gasteiger partial charge in [0.15, 0.2) is 0 Å². The van der Waals surface area contributed by atoms with E-state index in [4.69, 9.17) is 0 Å². The van der Waals surface area contributed by atoms with E-state index in [0.29, 0.717) is 18.7 Å². The van der Waals surface area contributed by atoms with Gasteiger partial charge >= 0.3 is 0 Å². The fraction of sp³-hybridized carbons (Fsp3) is 0.438. The SMILES string of the molecule is CC(CC(O)c1cccs1)NCc1ccc(C(=O)N(C)C)[nH]1. The first-order chi connectivity index (χ1) is 10.5. The molecule has 120 valence electrons. The van der Waals surface area contributed by atoms with Crippen LogP contribution in [-0.2, 0) is 6.54 Å². The molecule has 6 heteroatoms. The number of aromatic amines is 1. The molecule has 0 fully saturated rings. The average molecular weight is 321 g/mol. The highest BCUT2D eigenvalue weighted by Gasteiger charge is 2.14. The molecule has 0 bridgehead atoms. The Morgan fingerprint density at radius 1 is 1.41 bits per heavy atom. The zero-order chi connectivity index (χ0) is 16.1. The zero-order valence-corrected chi connectivity index (χ0v) is 14.0. The number of aliphatic hydroxyl groups is 1. The Balaban J connectivity index is 1.81. The maximum absolute atomic E-state index is 11.8. The quantitative estimate of drug-likeness (QED) is 0.733. The number of hydrogen-bond acceptors (Lipinski definition) is 4. The number of H-pyrrole nitrogens is 1. The van der Waals surface area contributed by atoms with Gasteiger partial charge in [0.1, 0.15) is 5.69 Å². The molecule has 2 rings (SSSR count). The number of aromatic nitrogens is 1. The molecule has 2 aromatic rings. The summed E-state index contributed by atoms with van der Waals surface area (Å²) in [5, 5.41) is 15.5. The van der Waals surface area contributed by atoms with E-state index in [1.54, 1.807) is 36.4 Å². The number of amides is 1. The van der Waals surface area contributed by atoms with Crippen LogP contribution in [0, 0.1) is 0 Å². The molecule has 2 atom stereocenters. The molecule has 5 nitrogen and oxygen atoms in total. The van der Waals surface area contributed by atoms with E-state index >= 15 is 0 Å². The summed E-state index contributed by atoms with van der Waals surface area (Å²) in [5.74, 6) is -0.0348. The Hall–Kier alpha value is -1.63. The van der Waals surface area contributed by atoms with Gasteiger partial charge in [-0.05, 0) is 36.9 Å². The van der Waals surface area contributed by atoms with Gasteiger partial charge in [0.25, 0.3) is 5.91 Å². The normalized spacial score (nSPS) is 13.8. The third-order valence-corrected chi connectivity index (χ3v) is 4.45. The fourth-order valence-electron chi connectivity index (χ4n) is 2.21. The second-order valence-electron chi connectivity index (χ2n) is 5.65. The van der Waals surface area contributed by atoms with Crippen molar-refractivity contribution in [2.45, 2.75) is 32.0 Å². The standard InChI is InChI=1S/C16H23N3O2S/c1-11(9-14(20)15-5-4-8-22-15)17-10-12-6-7-13(18-12)16(21)19(2)3/h4-8,11,14,17-18,20H,9-10H2,1-3H3. The monoisotopic (exact) mass is 321 g/mol. The van der Waals surface area contributed by atoms with E-state index in [0.717, 1.165) is 10.6 Å². The summed E-state index contributed by atoms with van der Waals surface area (Å²) < 4.78 is 0. The minimum Gasteiger partial charge on any atom is -0.388 e. The van der Waals surface area contributed by atoms with Gasteiger partial charge in [-0.2, -0.15) is 0 Å². The molecule has 2 heterocycles. The minimum absolute atomic E-state index is 0.0348. The first-order valence-corrected chi connectivity index (χ1v) is 8.19. The van der Waals surface area contributed by atoms with Crippen LogP contribution in [0.1, 0.15) is 40.5 Å². The van der Waals surface area contributed by atoms with Gasteiger partial charge in [-0.15, -0.1) is 11.3 Å². The lowest BCUT2D eigenvalue weighted by Gasteiger charge is -2.16. The van der Waals surface area contributed by atoms with Crippen molar-refractivity contribution < 1.29 is 9.90 Å². The summed E-state index contributed by atoms with van der Waals surface area (Å²) in [6, 6.07) is 7.78. The lowest BCUT2D eigenvalue weighted by atomic mass is 10.1. The number of carbonyl (C=O) groups is 1. The lowest BCUT2D eigenvalue weighted by Crippen LogP contribution is -2.27. The molecule has 0 spiro atoms. The van der Waals surface area contributed by atoms with Crippen LogP contribution in [-0.4, -0.2) is 41.0 Å². The Kier molecular flexibility index (Phi) is 5.76. The maximum Gasteiger partial charge on any atom is 0.269 e. The van der Waals surface area contributed by atoms with Crippen LogP contribution in [0.2, 0.25) is 0 Å². The van der Waals surface area contributed by atoms with Gasteiger partial charge in [-0.3, -0.25) is 4.79 Å². The van der Waals surface area contributed by atoms with E-state index in [-0.39, 0.29) is 11.9 Å². The van der Waals surface area contributed by atoms with Gasteiger partial charge in [0, 0.05) is 37.3 Å². The van der Waals surface area contributed by atoms with Gasteiger partial charge in [0.05, 0.1) is 6.10 Å². The topological polar surface area (TPSA) is 68.4 Å². The van der Waals surface area contributed by atoms with Gasteiger partial charge < -0.3 is 20.3 Å². The molecule has 1 amide bonds. The average Bonchev–Trinajstić information content (AvgIpc) is 3.15. The lowest BCUT2D eigenvalue weighted by molar-refractivity contribution is 0.0822. The highest BCUT2D eigenvalue weighted by molar-refractivity contribution is 7.10. The number of nitrogens with one attached hydrogen (secondary N) is 2. The molecule has 0 saturated heterocycles. The first kappa shape index (κ1) is 16.7. The van der Waals surface area contributed by atoms with Crippen LogP contribution in [0.3, 0.4) is 0 Å². The predicted molar refractivity (Wildman–Crippen MR) is 89.0 cm³/mol. The Morgan fingerprint density at radius 2 is 2.18 bits per heavy atom. The molecule has 22 heavy (non-hydrogen) atoms. The Labute approximate surface area is 135 Å². The van der Waals surface area contributed by atoms with Crippen LogP contribution >= 0.6 is 11.3 Å². The van der Waals surface area contributed by atoms with Crippen molar-refractivity contribution in [2.75, 3.05) is 14.1 Å². The molecule has 3 N–H and O–H groups in total. The summed E-state index contributed by atoms with van der Waals surface area (Å²) in [6.07, 6.45) is 0.224. The van der Waals surface area contributed by atoms with Crippen molar-refractivity contribution in [1.29, 1.82) is 0 Å². The molecule has 0 aliphatic heterocycles. The van der Waals surface area contributed by atoms with Gasteiger partial charge in [0.2, 0.25) is 0 Å². The molecule has 0 aliphatic carbocycles. The van der Waals surface area contributed by atoms with E-state index in [2.05, 4.69) is 10.3 Å². The van der Waals surface area contributed by atoms with E-state index in [9.17, 15) is 9.90 Å². The van der Waals surface area contributed by atoms with Crippen molar-refractivity contribution in [3.63, 3.8) is 0 Å². The minimum atomic E-state index is -0.433. The highest BCUT2D eigenvalue weighted by Crippen LogP contribution is 2.22. The number of nitrogens with zero attached hydrogens (tertiary/aromatic N) is 1. The Bertz CT molecular complexity index is 592. The van der Waals surface area contributed by atoms with Crippen LogP contribution < -0.4 is 5.32 Å². The first-order valence-electron chi connectivity index (χ1n) is 7.31. The Morgan fingerprint density at radius 3 is 2.82 bits per heavy atom. The van der Waals surface area contributed by atoms with Gasteiger partial charge in [-0.25, -0.2) is 0 Å². The summed E-state index contributed by atoms with van der Waals surface area (Å²) >= 11 is 1.57. The summed E-state index contributed by atoms with van der Waals surface area (Å²) in [7, 11) is 3.46. The molecule has 2 unspecified atom stereocenters. The van der Waals surface area contributed by atoms with Crippen molar-refractivity contribution in [3.05, 3.63) is 45.9 Å². The molecular formula is C16H23N3O2S. The molecule has 0 aromatic carbocycles. The maximum atomic E-state index is 11.8.